The summed E-state index contributed by atoms with van der Waals surface area (Å²) in [6.07, 6.45) is 2.85. The molecule has 4 nitrogen and oxygen atoms in total. The van der Waals surface area contributed by atoms with Crippen molar-refractivity contribution in [2.24, 2.45) is 9.98 Å². The zero-order valence-electron chi connectivity index (χ0n) is 11.6. The SMILES string of the molecule is N#CN=C1c2ccccc2C(=NC#N)c2c(F)c(F)c(F)c(F)c21. The normalized spacial score (nSPS) is 15.6. The highest BCUT2D eigenvalue weighted by Crippen LogP contribution is 2.34. The second-order valence-electron chi connectivity index (χ2n) is 4.67. The maximum Gasteiger partial charge on any atom is 0.206 e. The van der Waals surface area contributed by atoms with Crippen molar-refractivity contribution in [1.82, 2.24) is 0 Å². The van der Waals surface area contributed by atoms with Crippen LogP contribution in [0.1, 0.15) is 22.3 Å². The number of nitriles is 2. The van der Waals surface area contributed by atoms with Crippen molar-refractivity contribution in [2.45, 2.75) is 0 Å². The van der Waals surface area contributed by atoms with Crippen LogP contribution in [-0.4, -0.2) is 11.4 Å². The molecule has 24 heavy (non-hydrogen) atoms. The van der Waals surface area contributed by atoms with Crippen LogP contribution >= 0.6 is 0 Å². The quantitative estimate of drug-likeness (QED) is 0.275. The van der Waals surface area contributed by atoms with E-state index in [1.54, 1.807) is 0 Å². The lowest BCUT2D eigenvalue weighted by molar-refractivity contribution is 0.407. The van der Waals surface area contributed by atoms with Gasteiger partial charge in [0.1, 0.15) is 0 Å². The number of nitrogens with zero attached hydrogens (tertiary/aromatic N) is 4. The van der Waals surface area contributed by atoms with Crippen molar-refractivity contribution in [3.63, 3.8) is 0 Å². The van der Waals surface area contributed by atoms with E-state index in [1.807, 2.05) is 0 Å². The highest BCUT2D eigenvalue weighted by molar-refractivity contribution is 6.32. The van der Waals surface area contributed by atoms with Gasteiger partial charge in [-0.1, -0.05) is 24.3 Å². The van der Waals surface area contributed by atoms with Crippen LogP contribution in [0.2, 0.25) is 0 Å². The second kappa shape index (κ2) is 5.60. The standard InChI is InChI=1S/C16H4F4N4/c17-11-9-10(12(18)14(20)13(11)19)16(24-6-22)8-4-2-1-3-7(8)15(9)23-5-21/h1-4H. The molecule has 0 saturated heterocycles. The van der Waals surface area contributed by atoms with Crippen LogP contribution in [0.15, 0.2) is 34.3 Å². The van der Waals surface area contributed by atoms with Gasteiger partial charge in [0.25, 0.3) is 0 Å². The highest BCUT2D eigenvalue weighted by Gasteiger charge is 2.36. The van der Waals surface area contributed by atoms with Gasteiger partial charge in [-0.05, 0) is 0 Å². The van der Waals surface area contributed by atoms with Gasteiger partial charge in [-0.25, -0.2) is 17.6 Å². The van der Waals surface area contributed by atoms with Gasteiger partial charge in [-0.15, -0.1) is 0 Å². The van der Waals surface area contributed by atoms with Gasteiger partial charge in [0.05, 0.1) is 22.6 Å². The molecule has 2 aromatic carbocycles. The first-order chi connectivity index (χ1) is 11.5. The van der Waals surface area contributed by atoms with E-state index in [1.165, 1.54) is 36.7 Å². The minimum Gasteiger partial charge on any atom is -0.203 e. The zero-order chi connectivity index (χ0) is 17.4. The molecule has 8 heteroatoms. The number of hydrogen-bond acceptors (Lipinski definition) is 4. The molecule has 2 aromatic rings. The van der Waals surface area contributed by atoms with Gasteiger partial charge in [0.15, 0.2) is 23.3 Å². The number of benzene rings is 2. The van der Waals surface area contributed by atoms with Gasteiger partial charge >= 0.3 is 0 Å². The van der Waals surface area contributed by atoms with Crippen molar-refractivity contribution in [2.75, 3.05) is 0 Å². The molecular formula is C16H4F4N4. The van der Waals surface area contributed by atoms with E-state index in [9.17, 15) is 17.6 Å². The Morgan fingerprint density at radius 1 is 0.667 bits per heavy atom. The van der Waals surface area contributed by atoms with E-state index in [2.05, 4.69) is 9.98 Å². The number of rotatable bonds is 0. The largest absolute Gasteiger partial charge is 0.206 e. The molecule has 0 bridgehead atoms. The molecule has 1 aliphatic carbocycles. The minimum absolute atomic E-state index is 0.143. The molecule has 0 aromatic heterocycles. The fourth-order valence-electron chi connectivity index (χ4n) is 2.57. The summed E-state index contributed by atoms with van der Waals surface area (Å²) in [5.74, 6) is -7.49. The summed E-state index contributed by atoms with van der Waals surface area (Å²) in [6.45, 7) is 0. The van der Waals surface area contributed by atoms with Crippen LogP contribution < -0.4 is 0 Å². The van der Waals surface area contributed by atoms with Crippen LogP contribution in [-0.2, 0) is 0 Å². The Hall–Kier alpha value is -3.52. The molecule has 0 heterocycles. The predicted molar refractivity (Wildman–Crippen MR) is 75.2 cm³/mol. The van der Waals surface area contributed by atoms with E-state index in [-0.39, 0.29) is 22.6 Å². The number of aliphatic imine (C=N–C) groups is 2. The van der Waals surface area contributed by atoms with Crippen LogP contribution in [0.3, 0.4) is 0 Å². The third kappa shape index (κ3) is 1.97. The fourth-order valence-corrected chi connectivity index (χ4v) is 2.57. The topological polar surface area (TPSA) is 72.3 Å². The summed E-state index contributed by atoms with van der Waals surface area (Å²) in [6, 6.07) is 5.88. The molecule has 0 saturated carbocycles. The van der Waals surface area contributed by atoms with Gasteiger partial charge in [-0.2, -0.15) is 20.5 Å². The Morgan fingerprint density at radius 2 is 1.04 bits per heavy atom. The number of hydrogen-bond donors (Lipinski definition) is 0. The Morgan fingerprint density at radius 3 is 1.38 bits per heavy atom. The van der Waals surface area contributed by atoms with E-state index in [0.717, 1.165) is 0 Å². The third-order valence-corrected chi connectivity index (χ3v) is 3.50. The molecule has 0 spiro atoms. The number of fused-ring (bicyclic) bond motifs is 2. The molecule has 0 atom stereocenters. The van der Waals surface area contributed by atoms with E-state index < -0.39 is 34.4 Å². The molecule has 116 valence electrons. The first kappa shape index (κ1) is 15.4. The summed E-state index contributed by atoms with van der Waals surface area (Å²) >= 11 is 0. The van der Waals surface area contributed by atoms with Crippen LogP contribution in [0.4, 0.5) is 17.6 Å². The lowest BCUT2D eigenvalue weighted by Gasteiger charge is -2.23. The van der Waals surface area contributed by atoms with Gasteiger partial charge in [0.2, 0.25) is 12.4 Å². The first-order valence-corrected chi connectivity index (χ1v) is 6.42. The van der Waals surface area contributed by atoms with Crippen LogP contribution in [0.25, 0.3) is 0 Å². The van der Waals surface area contributed by atoms with E-state index >= 15 is 0 Å². The summed E-state index contributed by atoms with van der Waals surface area (Å²) in [7, 11) is 0. The Labute approximate surface area is 132 Å². The fraction of sp³-hybridized carbons (Fsp3) is 0. The van der Waals surface area contributed by atoms with Crippen LogP contribution in [0, 0.1) is 46.2 Å². The molecule has 0 amide bonds. The van der Waals surface area contributed by atoms with Crippen molar-refractivity contribution < 1.29 is 17.6 Å². The van der Waals surface area contributed by atoms with E-state index in [4.69, 9.17) is 10.5 Å². The van der Waals surface area contributed by atoms with Crippen molar-refractivity contribution in [3.05, 3.63) is 69.8 Å². The van der Waals surface area contributed by atoms with Crippen molar-refractivity contribution >= 4 is 11.4 Å². The Balaban J connectivity index is 2.57. The van der Waals surface area contributed by atoms with Gasteiger partial charge < -0.3 is 0 Å². The van der Waals surface area contributed by atoms with Crippen molar-refractivity contribution in [1.29, 1.82) is 10.5 Å². The molecule has 0 unspecified atom stereocenters. The molecule has 0 N–H and O–H groups in total. The van der Waals surface area contributed by atoms with Gasteiger partial charge in [0, 0.05) is 11.1 Å². The molecule has 3 rings (SSSR count). The monoisotopic (exact) mass is 328 g/mol. The molecule has 0 aliphatic heterocycles. The molecule has 1 aliphatic rings. The van der Waals surface area contributed by atoms with Gasteiger partial charge in [-0.3, -0.25) is 0 Å². The lowest BCUT2D eigenvalue weighted by atomic mass is 9.82. The molecule has 0 radical (unpaired) electrons. The maximum atomic E-state index is 14.3. The van der Waals surface area contributed by atoms with E-state index in [0.29, 0.717) is 0 Å². The lowest BCUT2D eigenvalue weighted by Crippen LogP contribution is -2.27. The summed E-state index contributed by atoms with van der Waals surface area (Å²) in [4.78, 5) is 6.84. The predicted octanol–water partition coefficient (Wildman–Crippen LogP) is 3.19. The molecular weight excluding hydrogens is 324 g/mol. The Kier molecular flexibility index (Phi) is 3.59. The number of halogens is 4. The summed E-state index contributed by atoms with van der Waals surface area (Å²) < 4.78 is 55.9. The minimum atomic E-state index is -2.03. The third-order valence-electron chi connectivity index (χ3n) is 3.50. The molecule has 0 fully saturated rings. The average molecular weight is 328 g/mol. The van der Waals surface area contributed by atoms with Crippen LogP contribution in [0.5, 0.6) is 0 Å². The maximum absolute atomic E-state index is 14.3. The van der Waals surface area contributed by atoms with Crippen molar-refractivity contribution in [3.8, 4) is 12.4 Å². The average Bonchev–Trinajstić information content (AvgIpc) is 2.60. The smallest absolute Gasteiger partial charge is 0.203 e. The Bertz CT molecular complexity index is 944. The zero-order valence-corrected chi connectivity index (χ0v) is 11.6. The highest BCUT2D eigenvalue weighted by atomic mass is 19.2. The first-order valence-electron chi connectivity index (χ1n) is 6.42. The second-order valence-corrected chi connectivity index (χ2v) is 4.67. The summed E-state index contributed by atoms with van der Waals surface area (Å²) in [5, 5.41) is 17.6. The summed E-state index contributed by atoms with van der Waals surface area (Å²) in [5.41, 5.74) is -1.94.